The average molecular weight is 332 g/mol. The largest absolute Gasteiger partial charge is 0.308 e. The lowest BCUT2D eigenvalue weighted by atomic mass is 9.79. The first-order valence-electron chi connectivity index (χ1n) is 6.39. The van der Waals surface area contributed by atoms with Crippen LogP contribution in [0.25, 0.3) is 0 Å². The summed E-state index contributed by atoms with van der Waals surface area (Å²) in [6.07, 6.45) is 4.18. The summed E-state index contributed by atoms with van der Waals surface area (Å²) in [5, 5.41) is 8.50. The van der Waals surface area contributed by atoms with Crippen molar-refractivity contribution in [2.45, 2.75) is 64.2 Å². The number of hydrogen-bond acceptors (Lipinski definition) is 4. The molecule has 0 saturated carbocycles. The van der Waals surface area contributed by atoms with Gasteiger partial charge in [0.05, 0.1) is 9.98 Å². The molecule has 1 aliphatic rings. The Hall–Kier alpha value is 0.0300. The maximum absolute atomic E-state index is 4.37. The van der Waals surface area contributed by atoms with Crippen LogP contribution in [-0.2, 0) is 6.54 Å². The van der Waals surface area contributed by atoms with E-state index in [4.69, 9.17) is 0 Å². The number of halogens is 1. The molecule has 1 aromatic heterocycles. The molecule has 1 fully saturated rings. The van der Waals surface area contributed by atoms with E-state index >= 15 is 0 Å². The van der Waals surface area contributed by atoms with Crippen LogP contribution in [0.1, 0.15) is 45.5 Å². The van der Waals surface area contributed by atoms with Crippen molar-refractivity contribution in [2.75, 3.05) is 0 Å². The van der Waals surface area contributed by atoms with Gasteiger partial charge in [-0.05, 0) is 56.5 Å². The van der Waals surface area contributed by atoms with Gasteiger partial charge in [0.2, 0.25) is 0 Å². The van der Waals surface area contributed by atoms with E-state index in [2.05, 4.69) is 59.2 Å². The SMILES string of the molecule is CC1(C)CC(NCc2ncc(Br)s2)CC(C)(C)N1. The maximum Gasteiger partial charge on any atom is 0.107 e. The lowest BCUT2D eigenvalue weighted by Gasteiger charge is -2.46. The van der Waals surface area contributed by atoms with E-state index in [1.54, 1.807) is 11.3 Å². The molecule has 2 N–H and O–H groups in total. The van der Waals surface area contributed by atoms with Crippen LogP contribution in [0.3, 0.4) is 0 Å². The van der Waals surface area contributed by atoms with E-state index < -0.39 is 0 Å². The molecule has 2 rings (SSSR count). The molecular weight excluding hydrogens is 310 g/mol. The van der Waals surface area contributed by atoms with Crippen LogP contribution in [0.15, 0.2) is 9.98 Å². The van der Waals surface area contributed by atoms with Crippen molar-refractivity contribution in [3.63, 3.8) is 0 Å². The van der Waals surface area contributed by atoms with Crippen LogP contribution in [0.2, 0.25) is 0 Å². The van der Waals surface area contributed by atoms with Gasteiger partial charge in [-0.15, -0.1) is 11.3 Å². The van der Waals surface area contributed by atoms with Crippen LogP contribution in [0, 0.1) is 0 Å². The summed E-state index contributed by atoms with van der Waals surface area (Å²) in [6.45, 7) is 9.99. The second-order valence-electron chi connectivity index (χ2n) is 6.44. The van der Waals surface area contributed by atoms with Gasteiger partial charge in [-0.3, -0.25) is 0 Å². The third-order valence-corrected chi connectivity index (χ3v) is 4.73. The topological polar surface area (TPSA) is 37.0 Å². The average Bonchev–Trinajstić information content (AvgIpc) is 2.56. The predicted octanol–water partition coefficient (Wildman–Crippen LogP) is 3.30. The molecule has 1 aromatic rings. The highest BCUT2D eigenvalue weighted by atomic mass is 79.9. The van der Waals surface area contributed by atoms with Crippen molar-refractivity contribution in [1.29, 1.82) is 0 Å². The molecule has 0 spiro atoms. The monoisotopic (exact) mass is 331 g/mol. The molecule has 0 amide bonds. The lowest BCUT2D eigenvalue weighted by molar-refractivity contribution is 0.145. The maximum atomic E-state index is 4.37. The van der Waals surface area contributed by atoms with E-state index in [0.29, 0.717) is 6.04 Å². The molecule has 0 unspecified atom stereocenters. The molecule has 2 heterocycles. The van der Waals surface area contributed by atoms with Crippen LogP contribution < -0.4 is 10.6 Å². The first-order valence-corrected chi connectivity index (χ1v) is 8.00. The highest BCUT2D eigenvalue weighted by Gasteiger charge is 2.37. The number of piperidine rings is 1. The van der Waals surface area contributed by atoms with Crippen LogP contribution in [0.4, 0.5) is 0 Å². The van der Waals surface area contributed by atoms with E-state index in [9.17, 15) is 0 Å². The second kappa shape index (κ2) is 5.19. The molecular formula is C13H22BrN3S. The molecule has 102 valence electrons. The van der Waals surface area contributed by atoms with Crippen molar-refractivity contribution in [3.05, 3.63) is 15.0 Å². The molecule has 1 aliphatic heterocycles. The second-order valence-corrected chi connectivity index (χ2v) is 8.93. The van der Waals surface area contributed by atoms with Gasteiger partial charge in [0, 0.05) is 23.7 Å². The molecule has 0 atom stereocenters. The summed E-state index contributed by atoms with van der Waals surface area (Å²) in [6, 6.07) is 0.555. The van der Waals surface area contributed by atoms with Gasteiger partial charge in [0.1, 0.15) is 5.01 Å². The van der Waals surface area contributed by atoms with Crippen LogP contribution in [-0.4, -0.2) is 22.1 Å². The van der Waals surface area contributed by atoms with E-state index in [1.807, 2.05) is 6.20 Å². The van der Waals surface area contributed by atoms with Crippen LogP contribution >= 0.6 is 27.3 Å². The molecule has 0 bridgehead atoms. The Kier molecular flexibility index (Phi) is 4.17. The van der Waals surface area contributed by atoms with Gasteiger partial charge < -0.3 is 10.6 Å². The van der Waals surface area contributed by atoms with Gasteiger partial charge in [0.25, 0.3) is 0 Å². The Labute approximate surface area is 122 Å². The molecule has 3 nitrogen and oxygen atoms in total. The third-order valence-electron chi connectivity index (χ3n) is 3.26. The highest BCUT2D eigenvalue weighted by molar-refractivity contribution is 9.11. The Bertz CT molecular complexity index is 398. The number of nitrogens with one attached hydrogen (secondary N) is 2. The quantitative estimate of drug-likeness (QED) is 0.892. The fourth-order valence-corrected chi connectivity index (χ4v) is 4.32. The van der Waals surface area contributed by atoms with E-state index in [-0.39, 0.29) is 11.1 Å². The Morgan fingerprint density at radius 3 is 2.50 bits per heavy atom. The Morgan fingerprint density at radius 2 is 2.00 bits per heavy atom. The number of nitrogens with zero attached hydrogens (tertiary/aromatic N) is 1. The van der Waals surface area contributed by atoms with Crippen molar-refractivity contribution in [2.24, 2.45) is 0 Å². The van der Waals surface area contributed by atoms with Crippen molar-refractivity contribution < 1.29 is 0 Å². The predicted molar refractivity (Wildman–Crippen MR) is 81.0 cm³/mol. The normalized spacial score (nSPS) is 23.2. The first-order chi connectivity index (χ1) is 8.26. The zero-order valence-electron chi connectivity index (χ0n) is 11.5. The smallest absolute Gasteiger partial charge is 0.107 e. The molecule has 1 saturated heterocycles. The fourth-order valence-electron chi connectivity index (χ4n) is 3.07. The van der Waals surface area contributed by atoms with Gasteiger partial charge in [-0.1, -0.05) is 0 Å². The van der Waals surface area contributed by atoms with Crippen molar-refractivity contribution in [3.8, 4) is 0 Å². The van der Waals surface area contributed by atoms with Gasteiger partial charge in [0.15, 0.2) is 0 Å². The van der Waals surface area contributed by atoms with E-state index in [0.717, 1.165) is 28.2 Å². The third kappa shape index (κ3) is 4.02. The number of aromatic nitrogens is 1. The zero-order chi connectivity index (χ0) is 13.4. The van der Waals surface area contributed by atoms with Crippen LogP contribution in [0.5, 0.6) is 0 Å². The number of hydrogen-bond donors (Lipinski definition) is 2. The summed E-state index contributed by atoms with van der Waals surface area (Å²) in [5.74, 6) is 0. The standard InChI is InChI=1S/C13H22BrN3S/c1-12(2)5-9(6-13(3,4)17-12)15-8-11-16-7-10(14)18-11/h7,9,15,17H,5-6,8H2,1-4H3. The summed E-state index contributed by atoms with van der Waals surface area (Å²) < 4.78 is 1.10. The molecule has 18 heavy (non-hydrogen) atoms. The minimum absolute atomic E-state index is 0.197. The number of rotatable bonds is 3. The Morgan fingerprint density at radius 1 is 1.39 bits per heavy atom. The van der Waals surface area contributed by atoms with Gasteiger partial charge >= 0.3 is 0 Å². The summed E-state index contributed by atoms with van der Waals surface area (Å²) in [4.78, 5) is 4.37. The summed E-state index contributed by atoms with van der Waals surface area (Å²) >= 11 is 5.16. The molecule has 0 aromatic carbocycles. The lowest BCUT2D eigenvalue weighted by Crippen LogP contribution is -2.61. The highest BCUT2D eigenvalue weighted by Crippen LogP contribution is 2.29. The molecule has 0 aliphatic carbocycles. The van der Waals surface area contributed by atoms with E-state index in [1.165, 1.54) is 0 Å². The molecule has 5 heteroatoms. The molecule has 0 radical (unpaired) electrons. The van der Waals surface area contributed by atoms with Gasteiger partial charge in [-0.2, -0.15) is 0 Å². The minimum atomic E-state index is 0.197. The fraction of sp³-hybridized carbons (Fsp3) is 0.769. The number of thiazole rings is 1. The minimum Gasteiger partial charge on any atom is -0.308 e. The van der Waals surface area contributed by atoms with Crippen molar-refractivity contribution >= 4 is 27.3 Å². The summed E-state index contributed by atoms with van der Waals surface area (Å²) in [7, 11) is 0. The van der Waals surface area contributed by atoms with Gasteiger partial charge in [-0.25, -0.2) is 4.98 Å². The van der Waals surface area contributed by atoms with Crippen molar-refractivity contribution in [1.82, 2.24) is 15.6 Å². The zero-order valence-corrected chi connectivity index (χ0v) is 13.9. The summed E-state index contributed by atoms with van der Waals surface area (Å²) in [5.41, 5.74) is 0.395. The Balaban J connectivity index is 1.93. The first kappa shape index (κ1) is 14.4.